The summed E-state index contributed by atoms with van der Waals surface area (Å²) in [6, 6.07) is 15.8. The van der Waals surface area contributed by atoms with Gasteiger partial charge in [0.15, 0.2) is 5.52 Å². The summed E-state index contributed by atoms with van der Waals surface area (Å²) in [6.07, 6.45) is 2.51. The van der Waals surface area contributed by atoms with Gasteiger partial charge in [-0.25, -0.2) is 14.6 Å². The number of aliphatic carboxylic acids is 1. The number of carboxylic acids is 1. The zero-order valence-corrected chi connectivity index (χ0v) is 16.9. The predicted octanol–water partition coefficient (Wildman–Crippen LogP) is 2.11. The van der Waals surface area contributed by atoms with Gasteiger partial charge >= 0.3 is 11.7 Å². The van der Waals surface area contributed by atoms with E-state index in [4.69, 9.17) is 10.4 Å². The summed E-state index contributed by atoms with van der Waals surface area (Å²) in [4.78, 5) is 43.6. The van der Waals surface area contributed by atoms with Gasteiger partial charge in [-0.3, -0.25) is 13.9 Å². The van der Waals surface area contributed by atoms with Crippen LogP contribution in [0.3, 0.4) is 0 Å². The van der Waals surface area contributed by atoms with Gasteiger partial charge in [0.25, 0.3) is 5.56 Å². The third kappa shape index (κ3) is 3.85. The third-order valence-corrected chi connectivity index (χ3v) is 5.01. The molecule has 0 aliphatic carbocycles. The number of fused-ring (bicyclic) bond motifs is 1. The summed E-state index contributed by atoms with van der Waals surface area (Å²) in [7, 11) is 1.40. The van der Waals surface area contributed by atoms with E-state index in [-0.39, 0.29) is 12.1 Å². The maximum absolute atomic E-state index is 12.8. The SMILES string of the molecule is Cn1c(=O)c2nc(-c3ccc(/C=C/C(=O)O)cc3)[nH]c2n(Cc2ccc(C#N)cc2)c1=O. The lowest BCUT2D eigenvalue weighted by molar-refractivity contribution is -0.131. The maximum atomic E-state index is 12.8. The second-order valence-electron chi connectivity index (χ2n) is 7.12. The van der Waals surface area contributed by atoms with Crippen LogP contribution in [-0.2, 0) is 18.4 Å². The molecule has 0 aliphatic rings. The molecule has 0 unspecified atom stereocenters. The van der Waals surface area contributed by atoms with E-state index < -0.39 is 17.2 Å². The zero-order valence-electron chi connectivity index (χ0n) is 16.9. The molecule has 0 aliphatic heterocycles. The van der Waals surface area contributed by atoms with Crippen molar-refractivity contribution >= 4 is 23.2 Å². The molecule has 9 heteroatoms. The Bertz CT molecular complexity index is 1510. The van der Waals surface area contributed by atoms with Crippen molar-refractivity contribution in [3.63, 3.8) is 0 Å². The van der Waals surface area contributed by atoms with Gasteiger partial charge in [0, 0.05) is 18.7 Å². The van der Waals surface area contributed by atoms with Crippen LogP contribution in [0.1, 0.15) is 16.7 Å². The van der Waals surface area contributed by atoms with Crippen molar-refractivity contribution in [1.29, 1.82) is 5.26 Å². The fourth-order valence-electron chi connectivity index (χ4n) is 3.30. The van der Waals surface area contributed by atoms with Crippen LogP contribution in [0.15, 0.2) is 64.2 Å². The van der Waals surface area contributed by atoms with Gasteiger partial charge in [0.05, 0.1) is 18.2 Å². The molecular formula is C23H17N5O4. The van der Waals surface area contributed by atoms with Crippen molar-refractivity contribution in [2.24, 2.45) is 7.05 Å². The number of hydrogen-bond acceptors (Lipinski definition) is 5. The summed E-state index contributed by atoms with van der Waals surface area (Å²) in [5.41, 5.74) is 2.10. The van der Waals surface area contributed by atoms with Crippen LogP contribution in [0, 0.1) is 11.3 Å². The van der Waals surface area contributed by atoms with Gasteiger partial charge < -0.3 is 10.1 Å². The Morgan fingerprint density at radius 2 is 1.84 bits per heavy atom. The van der Waals surface area contributed by atoms with E-state index in [0.29, 0.717) is 28.2 Å². The monoisotopic (exact) mass is 427 g/mol. The molecular weight excluding hydrogens is 410 g/mol. The van der Waals surface area contributed by atoms with Gasteiger partial charge in [-0.2, -0.15) is 5.26 Å². The van der Waals surface area contributed by atoms with E-state index in [0.717, 1.165) is 16.2 Å². The van der Waals surface area contributed by atoms with Crippen LogP contribution in [0.2, 0.25) is 0 Å². The molecule has 0 atom stereocenters. The molecule has 0 amide bonds. The van der Waals surface area contributed by atoms with Crippen LogP contribution in [0.5, 0.6) is 0 Å². The molecule has 0 radical (unpaired) electrons. The normalized spacial score (nSPS) is 11.1. The highest BCUT2D eigenvalue weighted by Gasteiger charge is 2.16. The third-order valence-electron chi connectivity index (χ3n) is 5.01. The Hall–Kier alpha value is -4.71. The Labute approximate surface area is 181 Å². The summed E-state index contributed by atoms with van der Waals surface area (Å²) in [6.45, 7) is 0.190. The molecule has 2 aromatic heterocycles. The number of H-pyrrole nitrogens is 1. The molecule has 4 rings (SSSR count). The van der Waals surface area contributed by atoms with Gasteiger partial charge in [-0.1, -0.05) is 36.4 Å². The lowest BCUT2D eigenvalue weighted by Gasteiger charge is -2.09. The van der Waals surface area contributed by atoms with E-state index in [1.807, 2.05) is 0 Å². The van der Waals surface area contributed by atoms with Crippen LogP contribution >= 0.6 is 0 Å². The summed E-state index contributed by atoms with van der Waals surface area (Å²) >= 11 is 0. The smallest absolute Gasteiger partial charge is 0.332 e. The van der Waals surface area contributed by atoms with Crippen molar-refractivity contribution in [1.82, 2.24) is 19.1 Å². The van der Waals surface area contributed by atoms with Gasteiger partial charge in [0.1, 0.15) is 11.5 Å². The first-order valence-corrected chi connectivity index (χ1v) is 9.57. The number of nitrogens with zero attached hydrogens (tertiary/aromatic N) is 4. The van der Waals surface area contributed by atoms with Crippen LogP contribution in [0.25, 0.3) is 28.6 Å². The van der Waals surface area contributed by atoms with Gasteiger partial charge in [-0.05, 0) is 29.3 Å². The van der Waals surface area contributed by atoms with Crippen LogP contribution < -0.4 is 11.2 Å². The number of imidazole rings is 1. The van der Waals surface area contributed by atoms with Crippen LogP contribution in [-0.4, -0.2) is 30.2 Å². The predicted molar refractivity (Wildman–Crippen MR) is 118 cm³/mol. The minimum absolute atomic E-state index is 0.130. The largest absolute Gasteiger partial charge is 0.478 e. The molecule has 0 saturated carbocycles. The van der Waals surface area contributed by atoms with E-state index in [1.165, 1.54) is 17.7 Å². The molecule has 9 nitrogen and oxygen atoms in total. The topological polar surface area (TPSA) is 134 Å². The highest BCUT2D eigenvalue weighted by atomic mass is 16.4. The molecule has 4 aromatic rings. The minimum atomic E-state index is -1.04. The molecule has 0 fully saturated rings. The van der Waals surface area contributed by atoms with Gasteiger partial charge in [-0.15, -0.1) is 0 Å². The Kier molecular flexibility index (Phi) is 5.27. The second kappa shape index (κ2) is 8.20. The fraction of sp³-hybridized carbons (Fsp3) is 0.0870. The summed E-state index contributed by atoms with van der Waals surface area (Å²) < 4.78 is 2.44. The summed E-state index contributed by atoms with van der Waals surface area (Å²) in [5.74, 6) is -0.632. The second-order valence-corrected chi connectivity index (χ2v) is 7.12. The first kappa shape index (κ1) is 20.6. The van der Waals surface area contributed by atoms with Crippen molar-refractivity contribution < 1.29 is 9.90 Å². The first-order chi connectivity index (χ1) is 15.4. The highest BCUT2D eigenvalue weighted by molar-refractivity contribution is 5.85. The molecule has 32 heavy (non-hydrogen) atoms. The molecule has 2 aromatic carbocycles. The van der Waals surface area contributed by atoms with E-state index in [2.05, 4.69) is 16.0 Å². The number of aromatic amines is 1. The average molecular weight is 427 g/mol. The van der Waals surface area contributed by atoms with Gasteiger partial charge in [0.2, 0.25) is 0 Å². The molecule has 0 bridgehead atoms. The van der Waals surface area contributed by atoms with Crippen molar-refractivity contribution in [3.05, 3.63) is 92.1 Å². The summed E-state index contributed by atoms with van der Waals surface area (Å²) in [5, 5.41) is 17.7. The van der Waals surface area contributed by atoms with E-state index in [9.17, 15) is 14.4 Å². The molecule has 2 heterocycles. The molecule has 2 N–H and O–H groups in total. The quantitative estimate of drug-likeness (QED) is 0.469. The number of benzene rings is 2. The molecule has 158 valence electrons. The lowest BCUT2D eigenvalue weighted by atomic mass is 10.1. The van der Waals surface area contributed by atoms with E-state index >= 15 is 0 Å². The lowest BCUT2D eigenvalue weighted by Crippen LogP contribution is -2.38. The number of carboxylic acid groups (broad SMARTS) is 1. The molecule has 0 spiro atoms. The maximum Gasteiger partial charge on any atom is 0.332 e. The zero-order chi connectivity index (χ0) is 22.8. The number of aromatic nitrogens is 4. The van der Waals surface area contributed by atoms with Crippen LogP contribution in [0.4, 0.5) is 0 Å². The Morgan fingerprint density at radius 1 is 1.16 bits per heavy atom. The molecule has 0 saturated heterocycles. The van der Waals surface area contributed by atoms with Crippen molar-refractivity contribution in [3.8, 4) is 17.5 Å². The number of rotatable bonds is 5. The Balaban J connectivity index is 1.79. The van der Waals surface area contributed by atoms with Crippen molar-refractivity contribution in [2.75, 3.05) is 0 Å². The average Bonchev–Trinajstić information content (AvgIpc) is 3.25. The number of nitriles is 1. The minimum Gasteiger partial charge on any atom is -0.478 e. The Morgan fingerprint density at radius 3 is 2.47 bits per heavy atom. The standard InChI is InChI=1S/C23H17N5O4/c1-27-22(31)19-21(28(23(27)32)13-16-4-2-15(12-24)3-5-16)26-20(25-19)17-9-6-14(7-10-17)8-11-18(29)30/h2-11H,13H2,1H3,(H,25,26)(H,29,30)/b11-8+. The number of carbonyl (C=O) groups is 1. The van der Waals surface area contributed by atoms with Crippen molar-refractivity contribution in [2.45, 2.75) is 6.54 Å². The fourth-order valence-corrected chi connectivity index (χ4v) is 3.30. The highest BCUT2D eigenvalue weighted by Crippen LogP contribution is 2.20. The first-order valence-electron chi connectivity index (χ1n) is 9.57. The number of nitrogens with one attached hydrogen (secondary N) is 1. The number of hydrogen-bond donors (Lipinski definition) is 2. The van der Waals surface area contributed by atoms with E-state index in [1.54, 1.807) is 48.5 Å².